The van der Waals surface area contributed by atoms with E-state index in [1.54, 1.807) is 6.33 Å². The standard InChI is InChI=1S/C13H13ClN6S/c1-8(11-17-15-7-20(11)2)16-13-19-18-12(21-13)9-5-3-4-6-10(9)14/h3-8H,1-2H3,(H,16,19)/t8-/m0/s1. The quantitative estimate of drug-likeness (QED) is 0.799. The summed E-state index contributed by atoms with van der Waals surface area (Å²) in [5, 5.41) is 21.7. The molecule has 0 saturated heterocycles. The first-order valence-corrected chi connectivity index (χ1v) is 7.53. The third-order valence-electron chi connectivity index (χ3n) is 3.00. The van der Waals surface area contributed by atoms with E-state index >= 15 is 0 Å². The van der Waals surface area contributed by atoms with Crippen molar-refractivity contribution in [1.82, 2.24) is 25.0 Å². The van der Waals surface area contributed by atoms with Gasteiger partial charge in [0.1, 0.15) is 6.33 Å². The number of hydrogen-bond acceptors (Lipinski definition) is 6. The zero-order valence-corrected chi connectivity index (χ0v) is 13.1. The van der Waals surface area contributed by atoms with Crippen molar-refractivity contribution in [3.05, 3.63) is 41.4 Å². The number of anilines is 1. The van der Waals surface area contributed by atoms with Gasteiger partial charge in [0, 0.05) is 12.6 Å². The molecule has 0 bridgehead atoms. The van der Waals surface area contributed by atoms with E-state index in [2.05, 4.69) is 25.7 Å². The summed E-state index contributed by atoms with van der Waals surface area (Å²) in [6.07, 6.45) is 1.67. The number of hydrogen-bond donors (Lipinski definition) is 1. The first-order valence-electron chi connectivity index (χ1n) is 6.34. The van der Waals surface area contributed by atoms with Crippen LogP contribution < -0.4 is 5.32 Å². The van der Waals surface area contributed by atoms with Crippen LogP contribution in [0.2, 0.25) is 5.02 Å². The molecule has 0 amide bonds. The molecule has 8 heteroatoms. The van der Waals surface area contributed by atoms with Crippen LogP contribution in [0.5, 0.6) is 0 Å². The van der Waals surface area contributed by atoms with Gasteiger partial charge < -0.3 is 9.88 Å². The SMILES string of the molecule is C[C@H](Nc1nnc(-c2ccccc2Cl)s1)c1nncn1C. The van der Waals surface area contributed by atoms with Crippen LogP contribution >= 0.6 is 22.9 Å². The Balaban J connectivity index is 1.80. The average molecular weight is 321 g/mol. The molecule has 1 atom stereocenters. The minimum Gasteiger partial charge on any atom is -0.350 e. The summed E-state index contributed by atoms with van der Waals surface area (Å²) in [5.41, 5.74) is 0.885. The molecule has 3 aromatic rings. The number of aryl methyl sites for hydroxylation is 1. The lowest BCUT2D eigenvalue weighted by Gasteiger charge is -2.10. The molecular formula is C13H13ClN6S. The van der Waals surface area contributed by atoms with Crippen molar-refractivity contribution in [2.75, 3.05) is 5.32 Å². The minimum absolute atomic E-state index is 0.00968. The van der Waals surface area contributed by atoms with Crippen molar-refractivity contribution in [3.63, 3.8) is 0 Å². The van der Waals surface area contributed by atoms with Crippen molar-refractivity contribution in [2.45, 2.75) is 13.0 Å². The Hall–Kier alpha value is -1.99. The lowest BCUT2D eigenvalue weighted by molar-refractivity contribution is 0.717. The monoisotopic (exact) mass is 320 g/mol. The van der Waals surface area contributed by atoms with E-state index in [1.807, 2.05) is 42.8 Å². The van der Waals surface area contributed by atoms with E-state index in [4.69, 9.17) is 11.6 Å². The molecule has 0 aliphatic carbocycles. The van der Waals surface area contributed by atoms with Crippen LogP contribution in [-0.2, 0) is 7.05 Å². The Labute approximate surface area is 130 Å². The molecule has 1 N–H and O–H groups in total. The topological polar surface area (TPSA) is 68.5 Å². The van der Waals surface area contributed by atoms with Crippen molar-refractivity contribution in [2.24, 2.45) is 7.05 Å². The fourth-order valence-corrected chi connectivity index (χ4v) is 3.11. The molecule has 0 fully saturated rings. The van der Waals surface area contributed by atoms with Crippen LogP contribution in [0.4, 0.5) is 5.13 Å². The number of halogens is 1. The number of benzene rings is 1. The van der Waals surface area contributed by atoms with Crippen LogP contribution in [0.1, 0.15) is 18.8 Å². The Morgan fingerprint density at radius 3 is 2.76 bits per heavy atom. The maximum Gasteiger partial charge on any atom is 0.206 e. The van der Waals surface area contributed by atoms with E-state index in [0.29, 0.717) is 5.02 Å². The van der Waals surface area contributed by atoms with E-state index in [-0.39, 0.29) is 6.04 Å². The van der Waals surface area contributed by atoms with Crippen LogP contribution in [0.15, 0.2) is 30.6 Å². The molecule has 1 aromatic carbocycles. The van der Waals surface area contributed by atoms with E-state index in [1.165, 1.54) is 11.3 Å². The molecule has 0 aliphatic heterocycles. The van der Waals surface area contributed by atoms with Gasteiger partial charge in [0.25, 0.3) is 0 Å². The summed E-state index contributed by atoms with van der Waals surface area (Å²) in [6, 6.07) is 7.58. The lowest BCUT2D eigenvalue weighted by Crippen LogP contribution is -2.11. The second-order valence-corrected chi connectivity index (χ2v) is 5.94. The van der Waals surface area contributed by atoms with Gasteiger partial charge in [-0.15, -0.1) is 20.4 Å². The molecule has 0 spiro atoms. The van der Waals surface area contributed by atoms with Crippen molar-refractivity contribution >= 4 is 28.1 Å². The van der Waals surface area contributed by atoms with E-state index in [0.717, 1.165) is 21.5 Å². The minimum atomic E-state index is -0.00968. The fraction of sp³-hybridized carbons (Fsp3) is 0.231. The predicted octanol–water partition coefficient (Wildman–Crippen LogP) is 3.16. The molecule has 2 heterocycles. The highest BCUT2D eigenvalue weighted by Crippen LogP contribution is 2.32. The zero-order chi connectivity index (χ0) is 14.8. The molecule has 108 valence electrons. The molecule has 0 radical (unpaired) electrons. The van der Waals surface area contributed by atoms with Crippen molar-refractivity contribution in [1.29, 1.82) is 0 Å². The number of aromatic nitrogens is 5. The number of nitrogens with one attached hydrogen (secondary N) is 1. The molecule has 2 aromatic heterocycles. The molecule has 0 saturated carbocycles. The van der Waals surface area contributed by atoms with Crippen molar-refractivity contribution < 1.29 is 0 Å². The maximum atomic E-state index is 6.17. The van der Waals surface area contributed by atoms with Gasteiger partial charge >= 0.3 is 0 Å². The average Bonchev–Trinajstić information content (AvgIpc) is 3.08. The van der Waals surface area contributed by atoms with Gasteiger partial charge in [-0.3, -0.25) is 0 Å². The first-order chi connectivity index (χ1) is 10.1. The third-order valence-corrected chi connectivity index (χ3v) is 4.22. The summed E-state index contributed by atoms with van der Waals surface area (Å²) in [7, 11) is 1.91. The maximum absolute atomic E-state index is 6.17. The molecule has 6 nitrogen and oxygen atoms in total. The summed E-state index contributed by atoms with van der Waals surface area (Å²) in [5.74, 6) is 0.837. The zero-order valence-electron chi connectivity index (χ0n) is 11.5. The fourth-order valence-electron chi connectivity index (χ4n) is 1.96. The summed E-state index contributed by atoms with van der Waals surface area (Å²) >= 11 is 7.63. The number of rotatable bonds is 4. The Morgan fingerprint density at radius 1 is 1.24 bits per heavy atom. The van der Waals surface area contributed by atoms with Crippen LogP contribution in [0, 0.1) is 0 Å². The third kappa shape index (κ3) is 2.88. The van der Waals surface area contributed by atoms with Gasteiger partial charge in [-0.2, -0.15) is 0 Å². The normalized spacial score (nSPS) is 12.3. The molecule has 21 heavy (non-hydrogen) atoms. The van der Waals surface area contributed by atoms with E-state index < -0.39 is 0 Å². The summed E-state index contributed by atoms with van der Waals surface area (Å²) < 4.78 is 1.87. The van der Waals surface area contributed by atoms with Crippen LogP contribution in [0.3, 0.4) is 0 Å². The van der Waals surface area contributed by atoms with Crippen molar-refractivity contribution in [3.8, 4) is 10.6 Å². The molecule has 3 rings (SSSR count). The molecule has 0 aliphatic rings. The largest absolute Gasteiger partial charge is 0.350 e. The summed E-state index contributed by atoms with van der Waals surface area (Å²) in [6.45, 7) is 2.00. The second-order valence-electron chi connectivity index (χ2n) is 4.56. The highest BCUT2D eigenvalue weighted by Gasteiger charge is 2.15. The summed E-state index contributed by atoms with van der Waals surface area (Å²) in [4.78, 5) is 0. The number of nitrogens with zero attached hydrogens (tertiary/aromatic N) is 5. The van der Waals surface area contributed by atoms with Gasteiger partial charge in [-0.05, 0) is 13.0 Å². The first kappa shape index (κ1) is 14.0. The van der Waals surface area contributed by atoms with Gasteiger partial charge in [0.05, 0.1) is 11.1 Å². The highest BCUT2D eigenvalue weighted by atomic mass is 35.5. The second kappa shape index (κ2) is 5.79. The van der Waals surface area contributed by atoms with Crippen LogP contribution in [0.25, 0.3) is 10.6 Å². The Morgan fingerprint density at radius 2 is 2.05 bits per heavy atom. The van der Waals surface area contributed by atoms with Gasteiger partial charge in [0.15, 0.2) is 10.8 Å². The predicted molar refractivity (Wildman–Crippen MR) is 83.4 cm³/mol. The van der Waals surface area contributed by atoms with Gasteiger partial charge in [-0.1, -0.05) is 41.1 Å². The Kier molecular flexibility index (Phi) is 3.85. The Bertz CT molecular complexity index is 752. The lowest BCUT2D eigenvalue weighted by atomic mass is 10.2. The highest BCUT2D eigenvalue weighted by molar-refractivity contribution is 7.18. The molecular weight excluding hydrogens is 308 g/mol. The van der Waals surface area contributed by atoms with Crippen LogP contribution in [-0.4, -0.2) is 25.0 Å². The van der Waals surface area contributed by atoms with E-state index in [9.17, 15) is 0 Å². The molecule has 0 unspecified atom stereocenters. The van der Waals surface area contributed by atoms with Gasteiger partial charge in [0.2, 0.25) is 5.13 Å². The van der Waals surface area contributed by atoms with Gasteiger partial charge in [-0.25, -0.2) is 0 Å². The smallest absolute Gasteiger partial charge is 0.206 e.